The summed E-state index contributed by atoms with van der Waals surface area (Å²) in [7, 11) is 0. The summed E-state index contributed by atoms with van der Waals surface area (Å²) in [5.74, 6) is -1.13. The lowest BCUT2D eigenvalue weighted by molar-refractivity contribution is -0.138. The minimum atomic E-state index is -0.875. The molecule has 0 fully saturated rings. The van der Waals surface area contributed by atoms with E-state index in [-0.39, 0.29) is 24.7 Å². The van der Waals surface area contributed by atoms with E-state index >= 15 is 0 Å². The maximum Gasteiger partial charge on any atom is 0.303 e. The molecule has 0 aromatic rings. The quantitative estimate of drug-likeness (QED) is 0.459. The van der Waals surface area contributed by atoms with E-state index in [1.54, 1.807) is 6.92 Å². The molecular weight excluding hydrogens is 210 g/mol. The number of aliphatic carboxylic acids is 1. The van der Waals surface area contributed by atoms with E-state index in [0.29, 0.717) is 19.6 Å². The number of carbonyl (C=O) groups excluding carboxylic acids is 1. The highest BCUT2D eigenvalue weighted by atomic mass is 16.5. The van der Waals surface area contributed by atoms with Gasteiger partial charge in [-0.3, -0.25) is 9.59 Å². The van der Waals surface area contributed by atoms with Crippen LogP contribution < -0.4 is 5.32 Å². The monoisotopic (exact) mass is 229 g/mol. The third-order valence-electron chi connectivity index (χ3n) is 1.94. The smallest absolute Gasteiger partial charge is 0.303 e. The Balaban J connectivity index is 3.50. The van der Waals surface area contributed by atoms with Gasteiger partial charge in [0.05, 0.1) is 12.9 Å². The first-order valence-corrected chi connectivity index (χ1v) is 5.27. The lowest BCUT2D eigenvalue weighted by atomic mass is 10.0. The largest absolute Gasteiger partial charge is 0.502 e. The third kappa shape index (κ3) is 9.05. The van der Waals surface area contributed by atoms with Crippen LogP contribution in [0.15, 0.2) is 12.8 Å². The fourth-order valence-electron chi connectivity index (χ4n) is 1.23. The van der Waals surface area contributed by atoms with Crippen LogP contribution in [0.2, 0.25) is 0 Å². The molecule has 0 aliphatic rings. The van der Waals surface area contributed by atoms with Gasteiger partial charge in [0.1, 0.15) is 0 Å². The van der Waals surface area contributed by atoms with Gasteiger partial charge in [-0.05, 0) is 12.3 Å². The first-order valence-electron chi connectivity index (χ1n) is 5.27. The van der Waals surface area contributed by atoms with Crippen LogP contribution in [0, 0.1) is 5.92 Å². The van der Waals surface area contributed by atoms with Crippen molar-refractivity contribution < 1.29 is 19.4 Å². The van der Waals surface area contributed by atoms with Crippen molar-refractivity contribution in [3.05, 3.63) is 12.8 Å². The molecule has 0 saturated heterocycles. The fraction of sp³-hybridized carbons (Fsp3) is 0.636. The van der Waals surface area contributed by atoms with Crippen molar-refractivity contribution in [1.82, 2.24) is 5.32 Å². The molecule has 16 heavy (non-hydrogen) atoms. The molecule has 5 heteroatoms. The van der Waals surface area contributed by atoms with Crippen LogP contribution in [-0.2, 0) is 14.3 Å². The van der Waals surface area contributed by atoms with Gasteiger partial charge in [0, 0.05) is 19.4 Å². The number of rotatable bonds is 9. The average molecular weight is 229 g/mol. The second kappa shape index (κ2) is 8.76. The van der Waals surface area contributed by atoms with E-state index in [2.05, 4.69) is 11.9 Å². The van der Waals surface area contributed by atoms with E-state index in [4.69, 9.17) is 9.84 Å². The van der Waals surface area contributed by atoms with Crippen LogP contribution in [0.5, 0.6) is 0 Å². The van der Waals surface area contributed by atoms with E-state index in [1.807, 2.05) is 0 Å². The summed E-state index contributed by atoms with van der Waals surface area (Å²) in [6.07, 6.45) is 2.34. The molecule has 0 saturated carbocycles. The van der Waals surface area contributed by atoms with Gasteiger partial charge in [0.2, 0.25) is 5.91 Å². The van der Waals surface area contributed by atoms with Crippen LogP contribution in [0.1, 0.15) is 26.2 Å². The van der Waals surface area contributed by atoms with Gasteiger partial charge in [-0.15, -0.1) is 0 Å². The molecule has 0 aromatic carbocycles. The molecule has 0 spiro atoms. The van der Waals surface area contributed by atoms with Gasteiger partial charge in [-0.2, -0.15) is 0 Å². The minimum absolute atomic E-state index is 0.0208. The lowest BCUT2D eigenvalue weighted by Gasteiger charge is -2.09. The minimum Gasteiger partial charge on any atom is -0.502 e. The Morgan fingerprint density at radius 3 is 2.75 bits per heavy atom. The predicted octanol–water partition coefficient (Wildman–Crippen LogP) is 1.15. The summed E-state index contributed by atoms with van der Waals surface area (Å²) < 4.78 is 4.88. The van der Waals surface area contributed by atoms with E-state index in [9.17, 15) is 9.59 Å². The van der Waals surface area contributed by atoms with Crippen molar-refractivity contribution in [3.63, 3.8) is 0 Å². The van der Waals surface area contributed by atoms with Crippen LogP contribution >= 0.6 is 0 Å². The second-order valence-electron chi connectivity index (χ2n) is 3.65. The summed E-state index contributed by atoms with van der Waals surface area (Å²) >= 11 is 0. The van der Waals surface area contributed by atoms with E-state index in [0.717, 1.165) is 0 Å². The summed E-state index contributed by atoms with van der Waals surface area (Å²) in [4.78, 5) is 21.7. The number of hydrogen-bond donors (Lipinski definition) is 2. The molecule has 0 aliphatic heterocycles. The molecule has 0 aliphatic carbocycles. The van der Waals surface area contributed by atoms with Gasteiger partial charge in [-0.25, -0.2) is 0 Å². The maximum atomic E-state index is 11.3. The zero-order valence-corrected chi connectivity index (χ0v) is 9.57. The summed E-state index contributed by atoms with van der Waals surface area (Å²) in [5.41, 5.74) is 0. The molecule has 1 atom stereocenters. The van der Waals surface area contributed by atoms with Crippen molar-refractivity contribution in [2.45, 2.75) is 26.2 Å². The molecule has 0 aromatic heterocycles. The maximum absolute atomic E-state index is 11.3. The normalized spacial score (nSPS) is 11.6. The SMILES string of the molecule is C=COCCCNC(=O)CC(C)CC(=O)O. The van der Waals surface area contributed by atoms with Gasteiger partial charge in [0.15, 0.2) is 0 Å². The van der Waals surface area contributed by atoms with Gasteiger partial charge < -0.3 is 15.2 Å². The second-order valence-corrected chi connectivity index (χ2v) is 3.65. The lowest BCUT2D eigenvalue weighted by Crippen LogP contribution is -2.27. The molecule has 92 valence electrons. The van der Waals surface area contributed by atoms with Crippen molar-refractivity contribution in [3.8, 4) is 0 Å². The molecular formula is C11H19NO4. The Bertz CT molecular complexity index is 240. The Labute approximate surface area is 95.5 Å². The zero-order chi connectivity index (χ0) is 12.4. The summed E-state index contributed by atoms with van der Waals surface area (Å²) in [6.45, 7) is 6.20. The molecule has 0 bridgehead atoms. The highest BCUT2D eigenvalue weighted by Gasteiger charge is 2.11. The number of nitrogens with one attached hydrogen (secondary N) is 1. The molecule has 0 rings (SSSR count). The third-order valence-corrected chi connectivity index (χ3v) is 1.94. The average Bonchev–Trinajstić information content (AvgIpc) is 2.15. The number of carboxylic acids is 1. The van der Waals surface area contributed by atoms with Crippen LogP contribution in [0.3, 0.4) is 0 Å². The van der Waals surface area contributed by atoms with Gasteiger partial charge in [-0.1, -0.05) is 13.5 Å². The first-order chi connectivity index (χ1) is 7.56. The van der Waals surface area contributed by atoms with E-state index in [1.165, 1.54) is 6.26 Å². The highest BCUT2D eigenvalue weighted by molar-refractivity contribution is 5.77. The number of carboxylic acid groups (broad SMARTS) is 1. The number of hydrogen-bond acceptors (Lipinski definition) is 3. The number of ether oxygens (including phenoxy) is 1. The van der Waals surface area contributed by atoms with Gasteiger partial charge >= 0.3 is 5.97 Å². The molecule has 0 radical (unpaired) electrons. The summed E-state index contributed by atoms with van der Waals surface area (Å²) in [5, 5.41) is 11.2. The Morgan fingerprint density at radius 2 is 2.19 bits per heavy atom. The molecule has 1 amide bonds. The molecule has 5 nitrogen and oxygen atoms in total. The molecule has 1 unspecified atom stereocenters. The van der Waals surface area contributed by atoms with Gasteiger partial charge in [0.25, 0.3) is 0 Å². The number of carbonyl (C=O) groups is 2. The topological polar surface area (TPSA) is 75.6 Å². The summed E-state index contributed by atoms with van der Waals surface area (Å²) in [6, 6.07) is 0. The highest BCUT2D eigenvalue weighted by Crippen LogP contribution is 2.06. The van der Waals surface area contributed by atoms with Crippen molar-refractivity contribution in [2.75, 3.05) is 13.2 Å². The van der Waals surface area contributed by atoms with Crippen LogP contribution in [0.25, 0.3) is 0 Å². The first kappa shape index (κ1) is 14.5. The Morgan fingerprint density at radius 1 is 1.50 bits per heavy atom. The standard InChI is InChI=1S/C11H19NO4/c1-3-16-6-4-5-12-10(13)7-9(2)8-11(14)15/h3,9H,1,4-8H2,2H3,(H,12,13)(H,14,15). The zero-order valence-electron chi connectivity index (χ0n) is 9.57. The van der Waals surface area contributed by atoms with Crippen molar-refractivity contribution in [2.24, 2.45) is 5.92 Å². The Hall–Kier alpha value is -1.52. The molecule has 0 heterocycles. The van der Waals surface area contributed by atoms with Crippen molar-refractivity contribution in [1.29, 1.82) is 0 Å². The fourth-order valence-corrected chi connectivity index (χ4v) is 1.23. The Kier molecular flexibility index (Phi) is 7.93. The predicted molar refractivity (Wildman–Crippen MR) is 59.8 cm³/mol. The number of amides is 1. The van der Waals surface area contributed by atoms with Crippen LogP contribution in [-0.4, -0.2) is 30.1 Å². The van der Waals surface area contributed by atoms with Crippen molar-refractivity contribution >= 4 is 11.9 Å². The molecule has 2 N–H and O–H groups in total. The van der Waals surface area contributed by atoms with E-state index < -0.39 is 5.97 Å². The van der Waals surface area contributed by atoms with Crippen LogP contribution in [0.4, 0.5) is 0 Å².